The van der Waals surface area contributed by atoms with Crippen LogP contribution in [-0.2, 0) is 0 Å². The van der Waals surface area contributed by atoms with Crippen LogP contribution in [0.2, 0.25) is 0 Å². The van der Waals surface area contributed by atoms with Gasteiger partial charge in [-0.1, -0.05) is 30.9 Å². The lowest BCUT2D eigenvalue weighted by Gasteiger charge is -2.10. The van der Waals surface area contributed by atoms with Crippen LogP contribution < -0.4 is 4.74 Å². The van der Waals surface area contributed by atoms with E-state index in [1.807, 2.05) is 18.2 Å². The largest absolute Gasteiger partial charge is 0.465 e. The maximum Gasteiger partial charge on any atom is 0.194 e. The van der Waals surface area contributed by atoms with Gasteiger partial charge in [-0.05, 0) is 13.0 Å². The maximum absolute atomic E-state index is 8.97. The Morgan fingerprint density at radius 2 is 2.17 bits per heavy atom. The number of aliphatic hydroxyl groups excluding tert-OH is 1. The minimum atomic E-state index is -0.786. The summed E-state index contributed by atoms with van der Waals surface area (Å²) < 4.78 is 5.12. The Hall–Kier alpha value is -1.28. The molecule has 0 saturated heterocycles. The number of hydrogen-bond donors (Lipinski definition) is 1. The Balaban J connectivity index is 2.89. The lowest BCUT2D eigenvalue weighted by atomic mass is 10.2. The Morgan fingerprint density at radius 3 is 2.75 bits per heavy atom. The van der Waals surface area contributed by atoms with Crippen molar-refractivity contribution < 1.29 is 9.84 Å². The molecule has 2 heteroatoms. The van der Waals surface area contributed by atoms with Crippen molar-refractivity contribution in [3.63, 3.8) is 0 Å². The number of hydrogen-bond acceptors (Lipinski definition) is 2. The highest BCUT2D eigenvalue weighted by atomic mass is 16.6. The van der Waals surface area contributed by atoms with Crippen molar-refractivity contribution in [1.29, 1.82) is 0 Å². The average Bonchev–Trinajstić information content (AvgIpc) is 2.04. The fraction of sp³-hybridized carbons (Fsp3) is 0.200. The molecule has 0 heterocycles. The van der Waals surface area contributed by atoms with Gasteiger partial charge in [-0.2, -0.15) is 0 Å². The van der Waals surface area contributed by atoms with Crippen molar-refractivity contribution in [1.82, 2.24) is 0 Å². The van der Waals surface area contributed by atoms with E-state index in [2.05, 4.69) is 6.58 Å². The normalized spacial score (nSPS) is 12.2. The van der Waals surface area contributed by atoms with Crippen LogP contribution in [0, 0.1) is 0 Å². The zero-order valence-electron chi connectivity index (χ0n) is 7.03. The van der Waals surface area contributed by atoms with Crippen LogP contribution in [0.25, 0.3) is 6.08 Å². The smallest absolute Gasteiger partial charge is 0.194 e. The van der Waals surface area contributed by atoms with E-state index in [0.717, 1.165) is 5.56 Å². The summed E-state index contributed by atoms with van der Waals surface area (Å²) in [6, 6.07) is 7.42. The van der Waals surface area contributed by atoms with Gasteiger partial charge in [0.1, 0.15) is 5.75 Å². The summed E-state index contributed by atoms with van der Waals surface area (Å²) >= 11 is 0. The highest BCUT2D eigenvalue weighted by Gasteiger charge is 2.01. The third-order valence-corrected chi connectivity index (χ3v) is 1.44. The molecule has 1 rings (SSSR count). The van der Waals surface area contributed by atoms with E-state index in [1.54, 1.807) is 19.1 Å². The average molecular weight is 164 g/mol. The van der Waals surface area contributed by atoms with E-state index in [9.17, 15) is 0 Å². The molecule has 1 unspecified atom stereocenters. The highest BCUT2D eigenvalue weighted by molar-refractivity contribution is 5.55. The molecule has 0 saturated carbocycles. The molecule has 2 nitrogen and oxygen atoms in total. The number of benzene rings is 1. The summed E-state index contributed by atoms with van der Waals surface area (Å²) in [7, 11) is 0. The second-order valence-corrected chi connectivity index (χ2v) is 2.46. The van der Waals surface area contributed by atoms with Crippen molar-refractivity contribution in [2.45, 2.75) is 13.2 Å². The minimum absolute atomic E-state index is 0.655. The van der Waals surface area contributed by atoms with Crippen LogP contribution >= 0.6 is 0 Å². The summed E-state index contributed by atoms with van der Waals surface area (Å²) in [6.07, 6.45) is 0.906. The number of para-hydroxylation sites is 1. The molecule has 0 bridgehead atoms. The summed E-state index contributed by atoms with van der Waals surface area (Å²) in [5.74, 6) is 0.655. The Labute approximate surface area is 72.1 Å². The van der Waals surface area contributed by atoms with Crippen molar-refractivity contribution in [3.05, 3.63) is 36.4 Å². The molecule has 0 aliphatic rings. The monoisotopic (exact) mass is 164 g/mol. The van der Waals surface area contributed by atoms with Crippen LogP contribution in [0.15, 0.2) is 30.8 Å². The van der Waals surface area contributed by atoms with Gasteiger partial charge in [-0.3, -0.25) is 0 Å². The van der Waals surface area contributed by atoms with Gasteiger partial charge < -0.3 is 9.84 Å². The van der Waals surface area contributed by atoms with Crippen LogP contribution in [0.4, 0.5) is 0 Å². The molecule has 0 aliphatic carbocycles. The third-order valence-electron chi connectivity index (χ3n) is 1.44. The first kappa shape index (κ1) is 8.81. The SMILES string of the molecule is C=Cc1ccccc1OC(C)O. The zero-order chi connectivity index (χ0) is 8.97. The second kappa shape index (κ2) is 3.93. The van der Waals surface area contributed by atoms with Gasteiger partial charge in [0.15, 0.2) is 6.29 Å². The van der Waals surface area contributed by atoms with Gasteiger partial charge in [0, 0.05) is 5.56 Å². The van der Waals surface area contributed by atoms with Crippen molar-refractivity contribution in [3.8, 4) is 5.75 Å². The van der Waals surface area contributed by atoms with Crippen LogP contribution in [0.5, 0.6) is 5.75 Å². The molecule has 12 heavy (non-hydrogen) atoms. The number of ether oxygens (including phenoxy) is 1. The predicted octanol–water partition coefficient (Wildman–Crippen LogP) is 2.05. The standard InChI is InChI=1S/C10H12O2/c1-3-9-6-4-5-7-10(9)12-8(2)11/h3-8,11H,1H2,2H3. The van der Waals surface area contributed by atoms with Gasteiger partial charge in [0.05, 0.1) is 0 Å². The molecular weight excluding hydrogens is 152 g/mol. The second-order valence-electron chi connectivity index (χ2n) is 2.46. The molecule has 1 aromatic rings. The van der Waals surface area contributed by atoms with Gasteiger partial charge in [0.2, 0.25) is 0 Å². The Morgan fingerprint density at radius 1 is 1.50 bits per heavy atom. The maximum atomic E-state index is 8.97. The van der Waals surface area contributed by atoms with Crippen molar-refractivity contribution in [2.75, 3.05) is 0 Å². The van der Waals surface area contributed by atoms with Gasteiger partial charge in [-0.25, -0.2) is 0 Å². The molecule has 1 atom stereocenters. The number of rotatable bonds is 3. The lowest BCUT2D eigenvalue weighted by Crippen LogP contribution is -2.10. The first-order valence-electron chi connectivity index (χ1n) is 3.80. The first-order chi connectivity index (χ1) is 5.74. The molecule has 0 radical (unpaired) electrons. The molecule has 0 aromatic heterocycles. The lowest BCUT2D eigenvalue weighted by molar-refractivity contribution is -0.000449. The molecule has 0 spiro atoms. The Kier molecular flexibility index (Phi) is 2.88. The van der Waals surface area contributed by atoms with Crippen LogP contribution in [0.1, 0.15) is 12.5 Å². The van der Waals surface area contributed by atoms with E-state index >= 15 is 0 Å². The molecule has 1 N–H and O–H groups in total. The van der Waals surface area contributed by atoms with Crippen LogP contribution in [0.3, 0.4) is 0 Å². The fourth-order valence-electron chi connectivity index (χ4n) is 0.940. The molecule has 0 aliphatic heterocycles. The third kappa shape index (κ3) is 2.10. The van der Waals surface area contributed by atoms with E-state index in [4.69, 9.17) is 9.84 Å². The summed E-state index contributed by atoms with van der Waals surface area (Å²) in [5.41, 5.74) is 0.887. The number of aliphatic hydroxyl groups is 1. The van der Waals surface area contributed by atoms with Crippen LogP contribution in [-0.4, -0.2) is 11.4 Å². The highest BCUT2D eigenvalue weighted by Crippen LogP contribution is 2.19. The minimum Gasteiger partial charge on any atom is -0.465 e. The van der Waals surface area contributed by atoms with E-state index in [1.165, 1.54) is 0 Å². The Bertz CT molecular complexity index is 266. The quantitative estimate of drug-likeness (QED) is 0.693. The molecular formula is C10H12O2. The first-order valence-corrected chi connectivity index (χ1v) is 3.80. The molecule has 0 fully saturated rings. The van der Waals surface area contributed by atoms with Gasteiger partial charge in [0.25, 0.3) is 0 Å². The van der Waals surface area contributed by atoms with Gasteiger partial charge in [-0.15, -0.1) is 0 Å². The summed E-state index contributed by atoms with van der Waals surface area (Å²) in [6.45, 7) is 5.21. The van der Waals surface area contributed by atoms with Crippen molar-refractivity contribution in [2.24, 2.45) is 0 Å². The summed E-state index contributed by atoms with van der Waals surface area (Å²) in [4.78, 5) is 0. The fourth-order valence-corrected chi connectivity index (χ4v) is 0.940. The predicted molar refractivity (Wildman–Crippen MR) is 48.8 cm³/mol. The van der Waals surface area contributed by atoms with Crippen molar-refractivity contribution >= 4 is 6.08 Å². The van der Waals surface area contributed by atoms with E-state index < -0.39 is 6.29 Å². The topological polar surface area (TPSA) is 29.5 Å². The molecule has 1 aromatic carbocycles. The zero-order valence-corrected chi connectivity index (χ0v) is 7.03. The van der Waals surface area contributed by atoms with Gasteiger partial charge >= 0.3 is 0 Å². The molecule has 0 amide bonds. The van der Waals surface area contributed by atoms with E-state index in [-0.39, 0.29) is 0 Å². The molecule has 64 valence electrons. The van der Waals surface area contributed by atoms with E-state index in [0.29, 0.717) is 5.75 Å². The summed E-state index contributed by atoms with van der Waals surface area (Å²) in [5, 5.41) is 8.97.